The summed E-state index contributed by atoms with van der Waals surface area (Å²) in [5.41, 5.74) is 0.288. The third-order valence-corrected chi connectivity index (χ3v) is 4.43. The van der Waals surface area contributed by atoms with Gasteiger partial charge in [-0.3, -0.25) is 4.79 Å². The van der Waals surface area contributed by atoms with E-state index < -0.39 is 11.6 Å². The third-order valence-electron chi connectivity index (χ3n) is 4.43. The summed E-state index contributed by atoms with van der Waals surface area (Å²) in [6.07, 6.45) is 4.97. The van der Waals surface area contributed by atoms with Crippen molar-refractivity contribution in [3.05, 3.63) is 35.9 Å². The molecule has 1 amide bonds. The molecule has 1 aromatic rings. The molecular weight excluding hydrogens is 266 g/mol. The Morgan fingerprint density at radius 2 is 1.81 bits per heavy atom. The molecule has 0 bridgehead atoms. The standard InChI is InChI=1S/C17H21NO3/c19-15(14-8-9-14)17(10-4-5-11-17)18-16(20)21-12-13-6-2-1-3-7-13/h1-3,6-7,14H,4-5,8-12H2,(H,18,20). The van der Waals surface area contributed by atoms with E-state index in [2.05, 4.69) is 5.32 Å². The highest BCUT2D eigenvalue weighted by Crippen LogP contribution is 2.40. The first-order chi connectivity index (χ1) is 10.2. The van der Waals surface area contributed by atoms with Crippen molar-refractivity contribution >= 4 is 11.9 Å². The average molecular weight is 287 g/mol. The third kappa shape index (κ3) is 3.26. The molecule has 3 rings (SSSR count). The lowest BCUT2D eigenvalue weighted by Gasteiger charge is -2.28. The number of carbonyl (C=O) groups is 2. The molecule has 1 N–H and O–H groups in total. The highest BCUT2D eigenvalue weighted by Gasteiger charge is 2.48. The highest BCUT2D eigenvalue weighted by molar-refractivity contribution is 5.95. The maximum Gasteiger partial charge on any atom is 0.408 e. The smallest absolute Gasteiger partial charge is 0.408 e. The Balaban J connectivity index is 1.58. The molecule has 0 radical (unpaired) electrons. The van der Waals surface area contributed by atoms with E-state index >= 15 is 0 Å². The van der Waals surface area contributed by atoms with Gasteiger partial charge < -0.3 is 10.1 Å². The number of hydrogen-bond donors (Lipinski definition) is 1. The fourth-order valence-electron chi connectivity index (χ4n) is 3.10. The van der Waals surface area contributed by atoms with Crippen LogP contribution in [0.3, 0.4) is 0 Å². The normalized spacial score (nSPS) is 20.0. The van der Waals surface area contributed by atoms with Crippen LogP contribution >= 0.6 is 0 Å². The molecule has 0 atom stereocenters. The zero-order valence-corrected chi connectivity index (χ0v) is 12.1. The first-order valence-corrected chi connectivity index (χ1v) is 7.73. The fraction of sp³-hybridized carbons (Fsp3) is 0.529. The lowest BCUT2D eigenvalue weighted by Crippen LogP contribution is -2.53. The van der Waals surface area contributed by atoms with Crippen molar-refractivity contribution in [3.63, 3.8) is 0 Å². The van der Waals surface area contributed by atoms with Gasteiger partial charge in [0.15, 0.2) is 5.78 Å². The Hall–Kier alpha value is -1.84. The molecule has 0 spiro atoms. The zero-order chi connectivity index (χ0) is 14.7. The van der Waals surface area contributed by atoms with Gasteiger partial charge in [0.1, 0.15) is 12.1 Å². The molecule has 4 heteroatoms. The predicted molar refractivity (Wildman–Crippen MR) is 78.7 cm³/mol. The number of amides is 1. The molecule has 0 unspecified atom stereocenters. The van der Waals surface area contributed by atoms with E-state index in [1.54, 1.807) is 0 Å². The largest absolute Gasteiger partial charge is 0.445 e. The SMILES string of the molecule is O=C(NC1(C(=O)C2CC2)CCCC1)OCc1ccccc1. The molecule has 0 aliphatic heterocycles. The van der Waals surface area contributed by atoms with Crippen LogP contribution < -0.4 is 5.32 Å². The van der Waals surface area contributed by atoms with E-state index in [0.717, 1.165) is 44.1 Å². The molecule has 0 aromatic heterocycles. The van der Waals surface area contributed by atoms with Gasteiger partial charge in [0.2, 0.25) is 0 Å². The number of Topliss-reactive ketones (excluding diaryl/α,β-unsaturated/α-hetero) is 1. The number of benzene rings is 1. The summed E-state index contributed by atoms with van der Waals surface area (Å²) in [5, 5.41) is 2.87. The second-order valence-electron chi connectivity index (χ2n) is 6.11. The second kappa shape index (κ2) is 5.88. The van der Waals surface area contributed by atoms with Gasteiger partial charge in [-0.2, -0.15) is 0 Å². The summed E-state index contributed by atoms with van der Waals surface area (Å²) in [4.78, 5) is 24.5. The number of alkyl carbamates (subject to hydrolysis) is 1. The van der Waals surface area contributed by atoms with Crippen LogP contribution in [0.5, 0.6) is 0 Å². The lowest BCUT2D eigenvalue weighted by molar-refractivity contribution is -0.126. The molecule has 2 aliphatic carbocycles. The minimum Gasteiger partial charge on any atom is -0.445 e. The summed E-state index contributed by atoms with van der Waals surface area (Å²) in [6, 6.07) is 9.56. The van der Waals surface area contributed by atoms with Crippen LogP contribution in [0.2, 0.25) is 0 Å². The van der Waals surface area contributed by atoms with Crippen molar-refractivity contribution < 1.29 is 14.3 Å². The Labute approximate surface area is 124 Å². The van der Waals surface area contributed by atoms with Crippen molar-refractivity contribution in [2.24, 2.45) is 5.92 Å². The molecule has 0 saturated heterocycles. The Morgan fingerprint density at radius 1 is 1.14 bits per heavy atom. The minimum absolute atomic E-state index is 0.164. The molecule has 112 valence electrons. The zero-order valence-electron chi connectivity index (χ0n) is 12.1. The fourth-order valence-corrected chi connectivity index (χ4v) is 3.10. The summed E-state index contributed by atoms with van der Waals surface area (Å²) >= 11 is 0. The van der Waals surface area contributed by atoms with Crippen LogP contribution in [0, 0.1) is 5.92 Å². The number of rotatable bonds is 5. The number of carbonyl (C=O) groups excluding carboxylic acids is 2. The van der Waals surface area contributed by atoms with Crippen LogP contribution in [0.1, 0.15) is 44.1 Å². The maximum atomic E-state index is 12.5. The van der Waals surface area contributed by atoms with E-state index in [9.17, 15) is 9.59 Å². The van der Waals surface area contributed by atoms with Gasteiger partial charge in [-0.25, -0.2) is 4.79 Å². The number of ether oxygens (including phenoxy) is 1. The van der Waals surface area contributed by atoms with Crippen molar-refractivity contribution in [2.45, 2.75) is 50.7 Å². The Kier molecular flexibility index (Phi) is 3.95. The van der Waals surface area contributed by atoms with Crippen LogP contribution in [0.4, 0.5) is 4.79 Å². The number of hydrogen-bond acceptors (Lipinski definition) is 3. The molecule has 1 aromatic carbocycles. The van der Waals surface area contributed by atoms with Gasteiger partial charge in [0, 0.05) is 5.92 Å². The summed E-state index contributed by atoms with van der Waals surface area (Å²) in [5.74, 6) is 0.384. The summed E-state index contributed by atoms with van der Waals surface area (Å²) < 4.78 is 5.26. The van der Waals surface area contributed by atoms with E-state index in [-0.39, 0.29) is 18.3 Å². The van der Waals surface area contributed by atoms with Gasteiger partial charge in [-0.15, -0.1) is 0 Å². The molecule has 21 heavy (non-hydrogen) atoms. The van der Waals surface area contributed by atoms with Gasteiger partial charge >= 0.3 is 6.09 Å². The molecule has 2 aliphatic rings. The van der Waals surface area contributed by atoms with Crippen molar-refractivity contribution in [1.29, 1.82) is 0 Å². The van der Waals surface area contributed by atoms with E-state index in [0.29, 0.717) is 0 Å². The topological polar surface area (TPSA) is 55.4 Å². The first kappa shape index (κ1) is 14.1. The molecular formula is C17H21NO3. The van der Waals surface area contributed by atoms with E-state index in [1.165, 1.54) is 0 Å². The number of ketones is 1. The average Bonchev–Trinajstić information content (AvgIpc) is 3.25. The minimum atomic E-state index is -0.658. The Bertz CT molecular complexity index is 516. The van der Waals surface area contributed by atoms with E-state index in [1.807, 2.05) is 30.3 Å². The maximum absolute atomic E-state index is 12.5. The van der Waals surface area contributed by atoms with Crippen LogP contribution in [-0.2, 0) is 16.1 Å². The van der Waals surface area contributed by atoms with Crippen molar-refractivity contribution in [1.82, 2.24) is 5.32 Å². The second-order valence-corrected chi connectivity index (χ2v) is 6.11. The molecule has 4 nitrogen and oxygen atoms in total. The van der Waals surface area contributed by atoms with Gasteiger partial charge in [-0.1, -0.05) is 43.2 Å². The van der Waals surface area contributed by atoms with Gasteiger partial charge in [-0.05, 0) is 31.2 Å². The van der Waals surface area contributed by atoms with Crippen molar-refractivity contribution in [2.75, 3.05) is 0 Å². The van der Waals surface area contributed by atoms with Gasteiger partial charge in [0.25, 0.3) is 0 Å². The monoisotopic (exact) mass is 287 g/mol. The van der Waals surface area contributed by atoms with Crippen molar-refractivity contribution in [3.8, 4) is 0 Å². The summed E-state index contributed by atoms with van der Waals surface area (Å²) in [6.45, 7) is 0.236. The van der Waals surface area contributed by atoms with Gasteiger partial charge in [0.05, 0.1) is 0 Å². The highest BCUT2D eigenvalue weighted by atomic mass is 16.5. The molecule has 2 saturated carbocycles. The van der Waals surface area contributed by atoms with Crippen LogP contribution in [-0.4, -0.2) is 17.4 Å². The predicted octanol–water partition coefficient (Wildman–Crippen LogP) is 3.20. The first-order valence-electron chi connectivity index (χ1n) is 7.73. The van der Waals surface area contributed by atoms with Crippen LogP contribution in [0.15, 0.2) is 30.3 Å². The quantitative estimate of drug-likeness (QED) is 0.904. The Morgan fingerprint density at radius 3 is 2.43 bits per heavy atom. The molecule has 0 heterocycles. The number of nitrogens with one attached hydrogen (secondary N) is 1. The lowest BCUT2D eigenvalue weighted by atomic mass is 9.89. The molecule has 2 fully saturated rings. The summed E-state index contributed by atoms with van der Waals surface area (Å²) in [7, 11) is 0. The van der Waals surface area contributed by atoms with E-state index in [4.69, 9.17) is 4.74 Å². The van der Waals surface area contributed by atoms with Crippen LogP contribution in [0.25, 0.3) is 0 Å².